The van der Waals surface area contributed by atoms with E-state index >= 15 is 0 Å². The standard InChI is InChI=1S/CH5NO.3CH4O/c2-1-3;3*1-2/h3H,1-2H2;3*2H,1H3. The van der Waals surface area contributed by atoms with Gasteiger partial charge in [-0.05, 0) is 0 Å². The van der Waals surface area contributed by atoms with Crippen LogP contribution in [-0.4, -0.2) is 48.5 Å². The van der Waals surface area contributed by atoms with Gasteiger partial charge in [0.05, 0.1) is 6.73 Å². The van der Waals surface area contributed by atoms with Crippen molar-refractivity contribution in [1.82, 2.24) is 0 Å². The van der Waals surface area contributed by atoms with Gasteiger partial charge in [0.15, 0.2) is 0 Å². The summed E-state index contributed by atoms with van der Waals surface area (Å²) in [5.74, 6) is 0. The Morgan fingerprint density at radius 1 is 0.889 bits per heavy atom. The Kier molecular flexibility index (Phi) is 1460. The molecule has 0 amide bonds. The van der Waals surface area contributed by atoms with Crippen molar-refractivity contribution in [3.8, 4) is 0 Å². The van der Waals surface area contributed by atoms with Crippen LogP contribution in [-0.2, 0) is 0 Å². The zero-order valence-electron chi connectivity index (χ0n) is 6.07. The summed E-state index contributed by atoms with van der Waals surface area (Å²) < 4.78 is 0. The first kappa shape index (κ1) is 23.2. The number of nitrogens with two attached hydrogens (primary N) is 1. The van der Waals surface area contributed by atoms with Crippen LogP contribution in [0.4, 0.5) is 0 Å². The molecule has 0 heterocycles. The molecule has 0 rings (SSSR count). The molecule has 0 atom stereocenters. The predicted molar refractivity (Wildman–Crippen MR) is 35.7 cm³/mol. The molecule has 0 aliphatic heterocycles. The second kappa shape index (κ2) is 564. The number of rotatable bonds is 0. The maximum Gasteiger partial charge on any atom is 0.0906 e. The predicted octanol–water partition coefficient (Wildman–Crippen LogP) is -2.28. The molecule has 0 aliphatic carbocycles. The molecular weight excluding hydrogens is 126 g/mol. The van der Waals surface area contributed by atoms with Crippen molar-refractivity contribution in [3.05, 3.63) is 0 Å². The summed E-state index contributed by atoms with van der Waals surface area (Å²) >= 11 is 0. The molecule has 0 aromatic heterocycles. The average Bonchev–Trinajstić information content (AvgIpc) is 2.01. The Hall–Kier alpha value is -0.200. The smallest absolute Gasteiger partial charge is 0.0906 e. The molecule has 62 valence electrons. The molecule has 0 radical (unpaired) electrons. The lowest BCUT2D eigenvalue weighted by atomic mass is 11.4. The third-order valence-corrected chi connectivity index (χ3v) is 0. The first-order valence-corrected chi connectivity index (χ1v) is 2.07. The summed E-state index contributed by atoms with van der Waals surface area (Å²) in [4.78, 5) is 0. The second-order valence-electron chi connectivity index (χ2n) is 0.183. The third kappa shape index (κ3) is 6560. The molecule has 0 aromatic carbocycles. The summed E-state index contributed by atoms with van der Waals surface area (Å²) in [6, 6.07) is 0. The van der Waals surface area contributed by atoms with Gasteiger partial charge < -0.3 is 26.2 Å². The van der Waals surface area contributed by atoms with Gasteiger partial charge in [-0.15, -0.1) is 0 Å². The molecule has 0 fully saturated rings. The highest BCUT2D eigenvalue weighted by atomic mass is 16.3. The van der Waals surface area contributed by atoms with Crippen LogP contribution in [0.5, 0.6) is 0 Å². The molecule has 0 unspecified atom stereocenters. The molecule has 5 nitrogen and oxygen atoms in total. The van der Waals surface area contributed by atoms with Gasteiger partial charge in [-0.1, -0.05) is 0 Å². The van der Waals surface area contributed by atoms with E-state index in [1.165, 1.54) is 0 Å². The van der Waals surface area contributed by atoms with Crippen LogP contribution in [0.1, 0.15) is 0 Å². The SMILES string of the molecule is CO.CO.CO.NCO. The minimum Gasteiger partial charge on any atom is -0.400 e. The summed E-state index contributed by atoms with van der Waals surface area (Å²) in [5.41, 5.74) is 4.40. The van der Waals surface area contributed by atoms with Crippen molar-refractivity contribution in [1.29, 1.82) is 0 Å². The van der Waals surface area contributed by atoms with E-state index in [9.17, 15) is 0 Å². The number of hydrogen-bond donors (Lipinski definition) is 5. The molecule has 0 spiro atoms. The summed E-state index contributed by atoms with van der Waals surface area (Å²) in [7, 11) is 3.00. The van der Waals surface area contributed by atoms with Crippen LogP contribution in [0.25, 0.3) is 0 Å². The first-order chi connectivity index (χ1) is 4.41. The highest BCUT2D eigenvalue weighted by Gasteiger charge is 1.30. The topological polar surface area (TPSA) is 107 Å². The van der Waals surface area contributed by atoms with Crippen molar-refractivity contribution in [2.75, 3.05) is 28.1 Å². The molecule has 0 aliphatic rings. The number of aliphatic hydroxyl groups is 4. The highest BCUT2D eigenvalue weighted by Crippen LogP contribution is 1.04. The normalized spacial score (nSPS) is 4.00. The van der Waals surface area contributed by atoms with Crippen LogP contribution in [0.2, 0.25) is 0 Å². The Bertz CT molecular complexity index is 12.5. The number of hydrogen-bond acceptors (Lipinski definition) is 5. The quantitative estimate of drug-likeness (QED) is 0.246. The summed E-state index contributed by atoms with van der Waals surface area (Å²) in [6.07, 6.45) is 0. The Morgan fingerprint density at radius 3 is 0.889 bits per heavy atom. The summed E-state index contributed by atoms with van der Waals surface area (Å²) in [6.45, 7) is -0.250. The highest BCUT2D eigenvalue weighted by molar-refractivity contribution is 3.76. The van der Waals surface area contributed by atoms with E-state index in [0.29, 0.717) is 0 Å². The Labute approximate surface area is 55.4 Å². The van der Waals surface area contributed by atoms with Crippen molar-refractivity contribution in [2.24, 2.45) is 5.73 Å². The fourth-order valence-corrected chi connectivity index (χ4v) is 0. The van der Waals surface area contributed by atoms with E-state index in [4.69, 9.17) is 20.4 Å². The van der Waals surface area contributed by atoms with Crippen molar-refractivity contribution in [2.45, 2.75) is 0 Å². The van der Waals surface area contributed by atoms with E-state index < -0.39 is 0 Å². The molecule has 6 N–H and O–H groups in total. The lowest BCUT2D eigenvalue weighted by molar-refractivity contribution is 0.307. The van der Waals surface area contributed by atoms with Crippen LogP contribution in [0.3, 0.4) is 0 Å². The van der Waals surface area contributed by atoms with Gasteiger partial charge in [0.2, 0.25) is 0 Å². The molecule has 0 saturated heterocycles. The van der Waals surface area contributed by atoms with Gasteiger partial charge in [-0.25, -0.2) is 0 Å². The van der Waals surface area contributed by atoms with Gasteiger partial charge in [-0.3, -0.25) is 0 Å². The van der Waals surface area contributed by atoms with Gasteiger partial charge in [-0.2, -0.15) is 0 Å². The van der Waals surface area contributed by atoms with Crippen molar-refractivity contribution >= 4 is 0 Å². The zero-order chi connectivity index (χ0) is 8.71. The third-order valence-electron chi connectivity index (χ3n) is 0. The van der Waals surface area contributed by atoms with Gasteiger partial charge >= 0.3 is 0 Å². The largest absolute Gasteiger partial charge is 0.400 e. The van der Waals surface area contributed by atoms with Gasteiger partial charge in [0, 0.05) is 21.3 Å². The van der Waals surface area contributed by atoms with E-state index in [2.05, 4.69) is 5.73 Å². The van der Waals surface area contributed by atoms with Crippen molar-refractivity contribution < 1.29 is 20.4 Å². The maximum absolute atomic E-state index is 7.35. The maximum atomic E-state index is 7.35. The van der Waals surface area contributed by atoms with Gasteiger partial charge in [0.25, 0.3) is 0 Å². The zero-order valence-corrected chi connectivity index (χ0v) is 6.07. The monoisotopic (exact) mass is 143 g/mol. The summed E-state index contributed by atoms with van der Waals surface area (Å²) in [5, 5.41) is 28.3. The molecular formula is C4H17NO4. The molecule has 0 saturated carbocycles. The van der Waals surface area contributed by atoms with E-state index in [1.807, 2.05) is 0 Å². The minimum atomic E-state index is -0.250. The first-order valence-electron chi connectivity index (χ1n) is 2.07. The molecule has 5 heteroatoms. The fourth-order valence-electron chi connectivity index (χ4n) is 0. The van der Waals surface area contributed by atoms with Gasteiger partial charge in [0.1, 0.15) is 0 Å². The lowest BCUT2D eigenvalue weighted by Crippen LogP contribution is -1.92. The molecule has 0 bridgehead atoms. The van der Waals surface area contributed by atoms with E-state index in [-0.39, 0.29) is 6.73 Å². The fraction of sp³-hybridized carbons (Fsp3) is 1.00. The molecule has 0 aromatic rings. The Balaban J connectivity index is -0.0000000190. The van der Waals surface area contributed by atoms with Crippen LogP contribution >= 0.6 is 0 Å². The van der Waals surface area contributed by atoms with Crippen LogP contribution in [0.15, 0.2) is 0 Å². The van der Waals surface area contributed by atoms with E-state index in [0.717, 1.165) is 21.3 Å². The van der Waals surface area contributed by atoms with E-state index in [1.54, 1.807) is 0 Å². The second-order valence-corrected chi connectivity index (χ2v) is 0.183. The lowest BCUT2D eigenvalue weighted by Gasteiger charge is -1.56. The average molecular weight is 143 g/mol. The number of aliphatic hydroxyl groups excluding tert-OH is 4. The van der Waals surface area contributed by atoms with Crippen LogP contribution in [0, 0.1) is 0 Å². The van der Waals surface area contributed by atoms with Crippen LogP contribution < -0.4 is 5.73 Å². The Morgan fingerprint density at radius 2 is 0.889 bits per heavy atom. The minimum absolute atomic E-state index is 0.250. The van der Waals surface area contributed by atoms with Crippen molar-refractivity contribution in [3.63, 3.8) is 0 Å². The molecule has 9 heavy (non-hydrogen) atoms.